The number of anilines is 1. The maximum Gasteiger partial charge on any atom is 0.105 e. The summed E-state index contributed by atoms with van der Waals surface area (Å²) >= 11 is 6.41. The van der Waals surface area contributed by atoms with Gasteiger partial charge in [-0.2, -0.15) is 0 Å². The van der Waals surface area contributed by atoms with E-state index in [1.54, 1.807) is 6.26 Å². The number of furan rings is 1. The van der Waals surface area contributed by atoms with E-state index in [0.29, 0.717) is 6.04 Å². The molecule has 2 aromatic rings. The summed E-state index contributed by atoms with van der Waals surface area (Å²) in [5.41, 5.74) is 3.49. The molecule has 1 aromatic carbocycles. The quantitative estimate of drug-likeness (QED) is 0.870. The van der Waals surface area contributed by atoms with E-state index in [-0.39, 0.29) is 0 Å². The summed E-state index contributed by atoms with van der Waals surface area (Å²) in [4.78, 5) is 2.18. The largest absolute Gasteiger partial charge is 0.469 e. The minimum Gasteiger partial charge on any atom is -0.469 e. The highest BCUT2D eigenvalue weighted by Gasteiger charge is 2.20. The molecule has 1 aromatic heterocycles. The Hall–Kier alpha value is -1.45. The predicted molar refractivity (Wildman–Crippen MR) is 86.9 cm³/mol. The Bertz CT molecular complexity index is 619. The first-order valence-electron chi connectivity index (χ1n) is 7.39. The van der Waals surface area contributed by atoms with Crippen molar-refractivity contribution in [3.8, 4) is 0 Å². The van der Waals surface area contributed by atoms with Crippen molar-refractivity contribution in [3.05, 3.63) is 52.4 Å². The van der Waals surface area contributed by atoms with E-state index in [2.05, 4.69) is 29.4 Å². The second-order valence-corrected chi connectivity index (χ2v) is 6.20. The van der Waals surface area contributed by atoms with Crippen LogP contribution in [0, 0.1) is 6.92 Å². The summed E-state index contributed by atoms with van der Waals surface area (Å²) in [7, 11) is 2.07. The summed E-state index contributed by atoms with van der Waals surface area (Å²) in [6.45, 7) is 3.66. The highest BCUT2D eigenvalue weighted by atomic mass is 35.5. The number of nitrogens with zero attached hydrogens (tertiary/aromatic N) is 1. The van der Waals surface area contributed by atoms with Crippen molar-refractivity contribution < 1.29 is 4.42 Å². The van der Waals surface area contributed by atoms with Crippen molar-refractivity contribution in [3.63, 3.8) is 0 Å². The molecule has 3 nitrogen and oxygen atoms in total. The van der Waals surface area contributed by atoms with Gasteiger partial charge < -0.3 is 14.6 Å². The van der Waals surface area contributed by atoms with Crippen LogP contribution in [-0.2, 0) is 13.1 Å². The minimum atomic E-state index is 0.701. The average molecular weight is 305 g/mol. The molecule has 1 aliphatic carbocycles. The number of benzene rings is 1. The van der Waals surface area contributed by atoms with Crippen LogP contribution in [0.4, 0.5) is 5.69 Å². The first-order valence-corrected chi connectivity index (χ1v) is 7.77. The van der Waals surface area contributed by atoms with Gasteiger partial charge in [-0.1, -0.05) is 17.7 Å². The van der Waals surface area contributed by atoms with Crippen molar-refractivity contribution in [1.29, 1.82) is 0 Å². The van der Waals surface area contributed by atoms with Gasteiger partial charge in [0.15, 0.2) is 0 Å². The molecule has 0 bridgehead atoms. The van der Waals surface area contributed by atoms with Crippen molar-refractivity contribution in [2.24, 2.45) is 0 Å². The fourth-order valence-electron chi connectivity index (χ4n) is 2.38. The Morgan fingerprint density at radius 3 is 2.71 bits per heavy atom. The van der Waals surface area contributed by atoms with Gasteiger partial charge in [0.05, 0.1) is 6.26 Å². The van der Waals surface area contributed by atoms with Crippen molar-refractivity contribution in [2.75, 3.05) is 11.9 Å². The van der Waals surface area contributed by atoms with E-state index in [1.165, 1.54) is 24.0 Å². The molecule has 4 heteroatoms. The molecule has 0 unspecified atom stereocenters. The SMILES string of the molecule is Cc1occc1CN(C)c1ccc(CNC2CC2)c(Cl)c1. The molecule has 1 N–H and O–H groups in total. The van der Waals surface area contributed by atoms with Crippen molar-refractivity contribution in [1.82, 2.24) is 5.32 Å². The molecule has 1 aliphatic rings. The number of hydrogen-bond acceptors (Lipinski definition) is 3. The molecule has 0 saturated heterocycles. The van der Waals surface area contributed by atoms with Gasteiger partial charge in [0.2, 0.25) is 0 Å². The lowest BCUT2D eigenvalue weighted by atomic mass is 10.1. The lowest BCUT2D eigenvalue weighted by Crippen LogP contribution is -2.18. The normalized spacial score (nSPS) is 14.4. The van der Waals surface area contributed by atoms with Gasteiger partial charge >= 0.3 is 0 Å². The van der Waals surface area contributed by atoms with E-state index in [4.69, 9.17) is 16.0 Å². The highest BCUT2D eigenvalue weighted by molar-refractivity contribution is 6.31. The number of halogens is 1. The van der Waals surface area contributed by atoms with Gasteiger partial charge in [-0.05, 0) is 43.5 Å². The molecule has 3 rings (SSSR count). The van der Waals surface area contributed by atoms with Gasteiger partial charge in [-0.3, -0.25) is 0 Å². The molecule has 21 heavy (non-hydrogen) atoms. The van der Waals surface area contributed by atoms with Crippen LogP contribution in [0.2, 0.25) is 5.02 Å². The molecule has 0 spiro atoms. The Balaban J connectivity index is 1.66. The third-order valence-electron chi connectivity index (χ3n) is 4.01. The molecule has 1 saturated carbocycles. The lowest BCUT2D eigenvalue weighted by Gasteiger charge is -2.20. The first kappa shape index (κ1) is 14.5. The van der Waals surface area contributed by atoms with Gasteiger partial charge in [0.1, 0.15) is 5.76 Å². The Kier molecular flexibility index (Phi) is 4.22. The van der Waals surface area contributed by atoms with Crippen molar-refractivity contribution >= 4 is 17.3 Å². The van der Waals surface area contributed by atoms with Gasteiger partial charge in [-0.15, -0.1) is 0 Å². The van der Waals surface area contributed by atoms with E-state index in [0.717, 1.165) is 29.6 Å². The van der Waals surface area contributed by atoms with Crippen molar-refractivity contribution in [2.45, 2.75) is 38.9 Å². The summed E-state index contributed by atoms with van der Waals surface area (Å²) in [5.74, 6) is 0.971. The molecular formula is C17H21ClN2O. The van der Waals surface area contributed by atoms with Crippen LogP contribution >= 0.6 is 11.6 Å². The molecular weight excluding hydrogens is 284 g/mol. The maximum absolute atomic E-state index is 6.41. The van der Waals surface area contributed by atoms with Gasteiger partial charge in [0.25, 0.3) is 0 Å². The number of aryl methyl sites for hydroxylation is 1. The zero-order valence-corrected chi connectivity index (χ0v) is 13.3. The fraction of sp³-hybridized carbons (Fsp3) is 0.412. The van der Waals surface area contributed by atoms with E-state index in [9.17, 15) is 0 Å². The average Bonchev–Trinajstić information content (AvgIpc) is 3.21. The molecule has 1 fully saturated rings. The number of rotatable bonds is 6. The predicted octanol–water partition coefficient (Wildman–Crippen LogP) is 4.13. The summed E-state index contributed by atoms with van der Waals surface area (Å²) in [5, 5.41) is 4.33. The molecule has 112 valence electrons. The third kappa shape index (κ3) is 3.60. The molecule has 1 heterocycles. The Labute approximate surface area is 130 Å². The minimum absolute atomic E-state index is 0.701. The van der Waals surface area contributed by atoms with Crippen LogP contribution in [0.25, 0.3) is 0 Å². The van der Waals surface area contributed by atoms with E-state index < -0.39 is 0 Å². The fourth-order valence-corrected chi connectivity index (χ4v) is 2.62. The number of nitrogens with one attached hydrogen (secondary N) is 1. The highest BCUT2D eigenvalue weighted by Crippen LogP contribution is 2.26. The van der Waals surface area contributed by atoms with Crippen LogP contribution in [0.3, 0.4) is 0 Å². The third-order valence-corrected chi connectivity index (χ3v) is 4.36. The smallest absolute Gasteiger partial charge is 0.105 e. The zero-order valence-electron chi connectivity index (χ0n) is 12.5. The molecule has 0 atom stereocenters. The summed E-state index contributed by atoms with van der Waals surface area (Å²) < 4.78 is 5.34. The maximum atomic E-state index is 6.41. The second kappa shape index (κ2) is 6.12. The zero-order chi connectivity index (χ0) is 14.8. The topological polar surface area (TPSA) is 28.4 Å². The summed E-state index contributed by atoms with van der Waals surface area (Å²) in [6, 6.07) is 9.01. The Morgan fingerprint density at radius 1 is 1.29 bits per heavy atom. The monoisotopic (exact) mass is 304 g/mol. The molecule has 0 amide bonds. The molecule has 0 aliphatic heterocycles. The van der Waals surface area contributed by atoms with Gasteiger partial charge in [-0.25, -0.2) is 0 Å². The first-order chi connectivity index (χ1) is 10.1. The lowest BCUT2D eigenvalue weighted by molar-refractivity contribution is 0.529. The second-order valence-electron chi connectivity index (χ2n) is 5.79. The van der Waals surface area contributed by atoms with Gasteiger partial charge in [0, 0.05) is 42.5 Å². The number of hydrogen-bond donors (Lipinski definition) is 1. The van der Waals surface area contributed by atoms with Crippen LogP contribution in [0.15, 0.2) is 34.9 Å². The van der Waals surface area contributed by atoms with Crippen LogP contribution in [0.1, 0.15) is 29.7 Å². The van der Waals surface area contributed by atoms with Crippen LogP contribution < -0.4 is 10.2 Å². The van der Waals surface area contributed by atoms with Crippen LogP contribution in [0.5, 0.6) is 0 Å². The Morgan fingerprint density at radius 2 is 2.10 bits per heavy atom. The summed E-state index contributed by atoms with van der Waals surface area (Å²) in [6.07, 6.45) is 4.32. The standard InChI is InChI=1S/C17H21ClN2O/c1-12-14(7-8-21-12)11-20(2)16-6-3-13(17(18)9-16)10-19-15-4-5-15/h3,6-9,15,19H,4-5,10-11H2,1-2H3. The van der Waals surface area contributed by atoms with E-state index in [1.807, 2.05) is 19.1 Å². The van der Waals surface area contributed by atoms with Crippen LogP contribution in [-0.4, -0.2) is 13.1 Å². The van der Waals surface area contributed by atoms with E-state index >= 15 is 0 Å². The molecule has 0 radical (unpaired) electrons.